The van der Waals surface area contributed by atoms with Crippen molar-refractivity contribution in [1.29, 1.82) is 0 Å². The van der Waals surface area contributed by atoms with Crippen molar-refractivity contribution >= 4 is 157 Å². The van der Waals surface area contributed by atoms with E-state index < -0.39 is 190 Å². The van der Waals surface area contributed by atoms with Gasteiger partial charge in [-0.05, 0) is 85.8 Å². The molecular formula is C72H84N18O18S6. The molecular weight excluding hydrogens is 1600 g/mol. The number of hydrogen-bond donors (Lipinski definition) is 17. The summed E-state index contributed by atoms with van der Waals surface area (Å²) in [5.74, 6) is -10.2. The van der Waals surface area contributed by atoms with E-state index in [4.69, 9.17) is 47.3 Å². The number of aromatic nitrogens is 5. The van der Waals surface area contributed by atoms with E-state index in [-0.39, 0.29) is 99.7 Å². The number of aliphatic carboxylic acids is 1. The summed E-state index contributed by atoms with van der Waals surface area (Å²) in [5, 5.41) is 182. The summed E-state index contributed by atoms with van der Waals surface area (Å²) >= 11 is 9.71. The van der Waals surface area contributed by atoms with Crippen LogP contribution in [0.3, 0.4) is 0 Å². The van der Waals surface area contributed by atoms with Crippen LogP contribution in [0.15, 0.2) is 142 Å². The van der Waals surface area contributed by atoms with Crippen LogP contribution < -0.4 is 5.32 Å². The zero-order chi connectivity index (χ0) is 83.4. The molecule has 1 aliphatic carbocycles. The van der Waals surface area contributed by atoms with Crippen LogP contribution in [0.5, 0.6) is 0 Å². The number of fused-ring (bicyclic) bond motifs is 7. The highest BCUT2D eigenvalue weighted by Crippen LogP contribution is 2.51. The van der Waals surface area contributed by atoms with Crippen LogP contribution in [-0.2, 0) is 15.1 Å². The Labute approximate surface area is 677 Å². The SMILES string of the molecule is C=C(N=C(O)C(=C)N=C(O)c1csc(C2=NC3c4csc(n4)C4N=C(S)c5csc(n5)C(C(C)(O)C(C)O)N=C(O)C5CSC(=N5)C(=CC)N=C(O)C(C(C)O)N=C(O)c5csc(n5)C3(CC2)N=C(O)C(C)N=C(O)C(=C)N=C(O)C(C)N=C(O)C(C(C)CC)NC2C=Cc3c(C(C)O)cc(nc3C2O)C(=O)OC4C)n1)C(=O)O. The van der Waals surface area contributed by atoms with E-state index in [1.807, 2.05) is 6.92 Å². The normalized spacial score (nSPS) is 27.3. The Morgan fingerprint density at radius 1 is 0.789 bits per heavy atom. The first-order valence-corrected chi connectivity index (χ1v) is 40.2. The molecule has 10 rings (SSSR count). The summed E-state index contributed by atoms with van der Waals surface area (Å²) in [5.41, 5.74) is -6.38. The van der Waals surface area contributed by atoms with E-state index in [0.29, 0.717) is 6.42 Å². The molecule has 5 aliphatic rings. The first-order valence-electron chi connectivity index (χ1n) is 35.2. The Morgan fingerprint density at radius 3 is 2.17 bits per heavy atom. The minimum absolute atomic E-state index is 0.00849. The number of esters is 1. The Bertz CT molecular complexity index is 5060. The average Bonchev–Trinajstić information content (AvgIpc) is 1.50. The van der Waals surface area contributed by atoms with Crippen molar-refractivity contribution in [2.45, 2.75) is 185 Å². The van der Waals surface area contributed by atoms with Gasteiger partial charge in [-0.3, -0.25) is 20.3 Å². The second kappa shape index (κ2) is 35.8. The summed E-state index contributed by atoms with van der Waals surface area (Å²) in [7, 11) is 0. The molecule has 9 heterocycles. The van der Waals surface area contributed by atoms with E-state index in [1.54, 1.807) is 31.4 Å². The molecule has 4 aliphatic heterocycles. The second-order valence-corrected chi connectivity index (χ2v) is 32.1. The number of pyridine rings is 1. The fourth-order valence-corrected chi connectivity index (χ4v) is 17.0. The third-order valence-electron chi connectivity index (χ3n) is 18.9. The van der Waals surface area contributed by atoms with Crippen LogP contribution in [0.25, 0.3) is 6.08 Å². The van der Waals surface area contributed by atoms with Crippen LogP contribution in [0.2, 0.25) is 0 Å². The molecule has 0 saturated heterocycles. The van der Waals surface area contributed by atoms with Gasteiger partial charge in [0.25, 0.3) is 0 Å². The first kappa shape index (κ1) is 86.4. The number of allylic oxidation sites excluding steroid dienone is 1. The molecule has 606 valence electrons. The topological polar surface area (TPSA) is 572 Å². The number of cyclic esters (lactones) is 1. The van der Waals surface area contributed by atoms with Crippen molar-refractivity contribution in [3.8, 4) is 0 Å². The van der Waals surface area contributed by atoms with Crippen LogP contribution in [0.4, 0.5) is 0 Å². The third kappa shape index (κ3) is 18.8. The lowest BCUT2D eigenvalue weighted by molar-refractivity contribution is -0.132. The number of hydrogen-bond acceptors (Lipinski definition) is 31. The number of thiazole rings is 4. The number of rotatable bonds is 12. The first-order chi connectivity index (χ1) is 53.7. The molecule has 17 atom stereocenters. The lowest BCUT2D eigenvalue weighted by Gasteiger charge is -2.37. The number of carboxylic acids is 1. The Balaban J connectivity index is 1.25. The van der Waals surface area contributed by atoms with E-state index in [0.717, 1.165) is 57.1 Å². The highest BCUT2D eigenvalue weighted by Gasteiger charge is 2.50. The van der Waals surface area contributed by atoms with Gasteiger partial charge in [-0.1, -0.05) is 58.2 Å². The molecule has 114 heavy (non-hydrogen) atoms. The van der Waals surface area contributed by atoms with Crippen molar-refractivity contribution in [3.05, 3.63) is 148 Å². The van der Waals surface area contributed by atoms with Crippen LogP contribution >= 0.6 is 69.7 Å². The summed E-state index contributed by atoms with van der Waals surface area (Å²) in [6.07, 6.45) is -2.64. The monoisotopic (exact) mass is 1680 g/mol. The summed E-state index contributed by atoms with van der Waals surface area (Å²) in [6, 6.07) is -11.0. The van der Waals surface area contributed by atoms with Crippen LogP contribution in [0.1, 0.15) is 189 Å². The predicted molar refractivity (Wildman–Crippen MR) is 442 cm³/mol. The molecule has 42 heteroatoms. The van der Waals surface area contributed by atoms with Gasteiger partial charge in [0.15, 0.2) is 11.9 Å². The lowest BCUT2D eigenvalue weighted by atomic mass is 9.81. The molecule has 13 bridgehead atoms. The zero-order valence-electron chi connectivity index (χ0n) is 62.8. The largest absolute Gasteiger partial charge is 0.495 e. The fraction of sp³-hybridized carbons (Fsp3) is 0.431. The molecule has 0 radical (unpaired) electrons. The van der Waals surface area contributed by atoms with Gasteiger partial charge in [0.2, 0.25) is 47.2 Å². The number of aliphatic imine (C=N–C) groups is 12. The van der Waals surface area contributed by atoms with Gasteiger partial charge in [-0.15, -0.1) is 69.7 Å². The molecule has 0 fully saturated rings. The van der Waals surface area contributed by atoms with Crippen molar-refractivity contribution in [2.24, 2.45) is 65.8 Å². The second-order valence-electron chi connectivity index (χ2n) is 27.2. The number of thioether (sulfide) groups is 1. The molecule has 0 spiro atoms. The molecule has 17 unspecified atom stereocenters. The number of carbonyl (C=O) groups excluding carboxylic acids is 1. The van der Waals surface area contributed by atoms with Crippen molar-refractivity contribution < 1.29 is 90.9 Å². The minimum atomic E-state index is -2.15. The van der Waals surface area contributed by atoms with Crippen molar-refractivity contribution in [3.63, 3.8) is 0 Å². The highest BCUT2D eigenvalue weighted by atomic mass is 32.2. The smallest absolute Gasteiger partial charge is 0.357 e. The summed E-state index contributed by atoms with van der Waals surface area (Å²) < 4.78 is 6.35. The molecule has 0 saturated carbocycles. The van der Waals surface area contributed by atoms with Crippen LogP contribution in [-0.4, -0.2) is 248 Å². The molecule has 5 aromatic rings. The number of carboxylic acid groups (broad SMARTS) is 1. The van der Waals surface area contributed by atoms with Gasteiger partial charge in [0, 0.05) is 32.8 Å². The number of aliphatic hydroxyl groups excluding tert-OH is 13. The lowest BCUT2D eigenvalue weighted by Crippen LogP contribution is -2.49. The number of nitrogens with zero attached hydrogens (tertiary/aromatic N) is 17. The van der Waals surface area contributed by atoms with Gasteiger partial charge < -0.3 is 81.3 Å². The molecule has 0 aromatic carbocycles. The molecule has 36 nitrogen and oxygen atoms in total. The highest BCUT2D eigenvalue weighted by molar-refractivity contribution is 8.14. The molecule has 0 amide bonds. The number of nitrogens with one attached hydrogen (secondary N) is 1. The Kier molecular flexibility index (Phi) is 27.1. The van der Waals surface area contributed by atoms with E-state index >= 15 is 4.79 Å². The third-order valence-corrected chi connectivity index (χ3v) is 24.0. The Hall–Kier alpha value is -9.99. The summed E-state index contributed by atoms with van der Waals surface area (Å²) in [4.78, 5) is 104. The standard InChI is InChI=1S/C72H84N18O18S6/c1-14-26(3)47-61(102)76-29(6)55(96)73-27(4)54(95)74-30(7)57(98)90-72-19-18-40(65-84-43(22-111-65)58(99)75-28(5)56(97)77-31(8)68(104)105)80-52(72)42-21-112-66(82-42)49(34(11)108-69(106)41-20-37(32(9)91)36-16-17-39(78-47)51(94)50(36)79-41)88-63(109)46-25-113-67(85-46)53(71(13,107)35(12)93)89-60(101)44-23-110-64(83-44)38(15-2)81-62(103)48(33(10)92)87-59(100)45-24-114-70(72)86-45/h15-17,20-22,24-26,29-30,32-35,39,44,47-49,51-53,78,91-94,107H,4-5,8,14,18-19,23H2,1-3,6-7,9-13H3,(H,73,96)(H,74,95)(H,75,99)(H,76,102)(H,77,97)(H,81,103)(H,87,100)(H,88,109)(H,89,101)(H,90,98)(H,104,105). The van der Waals surface area contributed by atoms with E-state index in [9.17, 15) is 81.4 Å². The summed E-state index contributed by atoms with van der Waals surface area (Å²) in [6.45, 7) is 25.3. The Morgan fingerprint density at radius 2 is 1.49 bits per heavy atom. The van der Waals surface area contributed by atoms with Gasteiger partial charge >= 0.3 is 11.9 Å². The van der Waals surface area contributed by atoms with E-state index in [1.165, 1.54) is 76.7 Å². The number of carbonyl (C=O) groups is 2. The van der Waals surface area contributed by atoms with Crippen LogP contribution in [0, 0.1) is 5.92 Å². The van der Waals surface area contributed by atoms with Crippen molar-refractivity contribution in [1.82, 2.24) is 30.2 Å². The fourth-order valence-electron chi connectivity index (χ4n) is 11.9. The maximum Gasteiger partial charge on any atom is 0.357 e. The quantitative estimate of drug-likeness (QED) is 0.0182. The maximum absolute atomic E-state index is 15.1. The predicted octanol–water partition coefficient (Wildman–Crippen LogP) is 9.35. The number of ether oxygens (including phenoxy) is 1. The number of thiol groups is 1. The van der Waals surface area contributed by atoms with Crippen molar-refractivity contribution in [2.75, 3.05) is 5.75 Å². The van der Waals surface area contributed by atoms with Gasteiger partial charge in [-0.2, -0.15) is 0 Å². The maximum atomic E-state index is 15.1. The average molecular weight is 1680 g/mol. The van der Waals surface area contributed by atoms with Gasteiger partial charge in [-0.25, -0.2) is 79.4 Å². The zero-order valence-corrected chi connectivity index (χ0v) is 67.7. The van der Waals surface area contributed by atoms with E-state index in [2.05, 4.69) is 80.0 Å². The minimum Gasteiger partial charge on any atom is -0.495 e. The molecule has 16 N–H and O–H groups in total. The number of aliphatic hydroxyl groups is 14. The van der Waals surface area contributed by atoms with Gasteiger partial charge in [0.1, 0.15) is 130 Å². The molecule has 5 aromatic heterocycles. The van der Waals surface area contributed by atoms with Gasteiger partial charge in [0.05, 0.1) is 53.2 Å².